The highest BCUT2D eigenvalue weighted by Gasteiger charge is 2.43. The van der Waals surface area contributed by atoms with Gasteiger partial charge in [-0.25, -0.2) is 9.69 Å². The van der Waals surface area contributed by atoms with Gasteiger partial charge in [-0.1, -0.05) is 24.3 Å². The minimum absolute atomic E-state index is 0.0537. The monoisotopic (exact) mass is 379 g/mol. The van der Waals surface area contributed by atoms with Gasteiger partial charge in [0.05, 0.1) is 23.7 Å². The predicted molar refractivity (Wildman–Crippen MR) is 105 cm³/mol. The third kappa shape index (κ3) is 3.36. The molecule has 1 N–H and O–H groups in total. The quantitative estimate of drug-likeness (QED) is 0.817. The van der Waals surface area contributed by atoms with Crippen LogP contribution >= 0.6 is 0 Å². The van der Waals surface area contributed by atoms with Crippen LogP contribution < -0.4 is 9.80 Å². The van der Waals surface area contributed by atoms with Gasteiger partial charge in [-0.05, 0) is 30.3 Å². The number of nitrogens with zero attached hydrogens (tertiary/aromatic N) is 3. The van der Waals surface area contributed by atoms with E-state index in [1.165, 1.54) is 12.1 Å². The highest BCUT2D eigenvalue weighted by Crippen LogP contribution is 2.27. The average Bonchev–Trinajstić information content (AvgIpc) is 3.03. The molecule has 0 radical (unpaired) electrons. The largest absolute Gasteiger partial charge is 0.478 e. The lowest BCUT2D eigenvalue weighted by molar-refractivity contribution is -0.123. The van der Waals surface area contributed by atoms with Crippen molar-refractivity contribution < 1.29 is 19.5 Å². The number of aromatic carboxylic acids is 1. The first-order chi connectivity index (χ1) is 13.5. The van der Waals surface area contributed by atoms with Crippen LogP contribution in [0, 0.1) is 0 Å². The molecule has 2 aromatic rings. The van der Waals surface area contributed by atoms with Crippen LogP contribution in [0.15, 0.2) is 54.6 Å². The van der Waals surface area contributed by atoms with Gasteiger partial charge in [-0.15, -0.1) is 0 Å². The van der Waals surface area contributed by atoms with Crippen molar-refractivity contribution in [1.82, 2.24) is 4.90 Å². The second kappa shape index (κ2) is 7.44. The van der Waals surface area contributed by atoms with Gasteiger partial charge in [0.25, 0.3) is 5.91 Å². The second-order valence-electron chi connectivity index (χ2n) is 7.00. The van der Waals surface area contributed by atoms with Gasteiger partial charge in [0.15, 0.2) is 0 Å². The fourth-order valence-corrected chi connectivity index (χ4v) is 3.88. The van der Waals surface area contributed by atoms with Crippen molar-refractivity contribution in [2.75, 3.05) is 36.0 Å². The number of carboxylic acid groups (broad SMARTS) is 1. The Balaban J connectivity index is 1.46. The number of amides is 2. The standard InChI is InChI=1S/C21H21N3O4/c25-19-14-18(20(26)24(19)17-8-4-5-15(13-17)21(27)28)23-11-9-22(10-12-23)16-6-2-1-3-7-16/h1-8,13,18H,9-12,14H2,(H,27,28). The lowest BCUT2D eigenvalue weighted by Gasteiger charge is -2.38. The fraction of sp³-hybridized carbons (Fsp3) is 0.286. The lowest BCUT2D eigenvalue weighted by Crippen LogP contribution is -2.52. The summed E-state index contributed by atoms with van der Waals surface area (Å²) in [4.78, 5) is 42.1. The smallest absolute Gasteiger partial charge is 0.335 e. The average molecular weight is 379 g/mol. The summed E-state index contributed by atoms with van der Waals surface area (Å²) in [5, 5.41) is 9.16. The maximum atomic E-state index is 13.0. The molecule has 2 heterocycles. The SMILES string of the molecule is O=C(O)c1cccc(N2C(=O)CC(N3CCN(c4ccccc4)CC3)C2=O)c1. The van der Waals surface area contributed by atoms with Crippen LogP contribution in [0.5, 0.6) is 0 Å². The molecule has 0 aromatic heterocycles. The number of hydrogen-bond acceptors (Lipinski definition) is 5. The van der Waals surface area contributed by atoms with Gasteiger partial charge in [0, 0.05) is 31.9 Å². The maximum Gasteiger partial charge on any atom is 0.335 e. The number of carboxylic acids is 1. The number of hydrogen-bond donors (Lipinski definition) is 1. The Morgan fingerprint density at radius 1 is 0.893 bits per heavy atom. The Labute approximate surface area is 162 Å². The minimum Gasteiger partial charge on any atom is -0.478 e. The van der Waals surface area contributed by atoms with Crippen LogP contribution in [0.25, 0.3) is 0 Å². The molecule has 2 aromatic carbocycles. The molecule has 2 aliphatic heterocycles. The summed E-state index contributed by atoms with van der Waals surface area (Å²) < 4.78 is 0. The third-order valence-electron chi connectivity index (χ3n) is 5.35. The summed E-state index contributed by atoms with van der Waals surface area (Å²) in [5.41, 5.74) is 1.53. The van der Waals surface area contributed by atoms with Crippen LogP contribution in [0.1, 0.15) is 16.8 Å². The molecular weight excluding hydrogens is 358 g/mol. The summed E-state index contributed by atoms with van der Waals surface area (Å²) in [6.07, 6.45) is 0.126. The lowest BCUT2D eigenvalue weighted by atomic mass is 10.1. The summed E-state index contributed by atoms with van der Waals surface area (Å²) in [6.45, 7) is 2.97. The molecule has 2 fully saturated rings. The Hall–Kier alpha value is -3.19. The molecule has 0 bridgehead atoms. The predicted octanol–water partition coefficient (Wildman–Crippen LogP) is 1.84. The van der Waals surface area contributed by atoms with Gasteiger partial charge in [0.1, 0.15) is 0 Å². The molecule has 0 saturated carbocycles. The van der Waals surface area contributed by atoms with E-state index in [-0.39, 0.29) is 23.8 Å². The summed E-state index contributed by atoms with van der Waals surface area (Å²) in [6, 6.07) is 15.6. The molecule has 1 unspecified atom stereocenters. The second-order valence-corrected chi connectivity index (χ2v) is 7.00. The van der Waals surface area contributed by atoms with E-state index in [1.807, 2.05) is 18.2 Å². The van der Waals surface area contributed by atoms with Gasteiger partial charge in [0.2, 0.25) is 5.91 Å². The van der Waals surface area contributed by atoms with E-state index in [2.05, 4.69) is 21.9 Å². The van der Waals surface area contributed by atoms with Gasteiger partial charge >= 0.3 is 5.97 Å². The number of carbonyl (C=O) groups is 3. The molecule has 144 valence electrons. The van der Waals surface area contributed by atoms with E-state index >= 15 is 0 Å². The Morgan fingerprint density at radius 3 is 2.25 bits per heavy atom. The molecule has 28 heavy (non-hydrogen) atoms. The van der Waals surface area contributed by atoms with Crippen LogP contribution in [0.3, 0.4) is 0 Å². The molecule has 7 nitrogen and oxygen atoms in total. The first kappa shape index (κ1) is 18.2. The summed E-state index contributed by atoms with van der Waals surface area (Å²) >= 11 is 0. The highest BCUT2D eigenvalue weighted by molar-refractivity contribution is 6.22. The van der Waals surface area contributed by atoms with Crippen molar-refractivity contribution in [3.63, 3.8) is 0 Å². The Morgan fingerprint density at radius 2 is 1.57 bits per heavy atom. The zero-order chi connectivity index (χ0) is 19.7. The normalized spacial score (nSPS) is 20.6. The zero-order valence-corrected chi connectivity index (χ0v) is 15.3. The number of para-hydroxylation sites is 1. The zero-order valence-electron chi connectivity index (χ0n) is 15.3. The fourth-order valence-electron chi connectivity index (χ4n) is 3.88. The van der Waals surface area contributed by atoms with Gasteiger partial charge < -0.3 is 10.0 Å². The minimum atomic E-state index is -1.09. The van der Waals surface area contributed by atoms with Crippen LogP contribution in [0.2, 0.25) is 0 Å². The molecular formula is C21H21N3O4. The van der Waals surface area contributed by atoms with Crippen molar-refractivity contribution >= 4 is 29.2 Å². The van der Waals surface area contributed by atoms with E-state index < -0.39 is 12.0 Å². The van der Waals surface area contributed by atoms with Crippen LogP contribution in [0.4, 0.5) is 11.4 Å². The summed E-state index contributed by atoms with van der Waals surface area (Å²) in [5.74, 6) is -1.65. The van der Waals surface area contributed by atoms with Crippen molar-refractivity contribution in [2.45, 2.75) is 12.5 Å². The van der Waals surface area contributed by atoms with Crippen molar-refractivity contribution in [3.05, 3.63) is 60.2 Å². The molecule has 2 aliphatic rings. The topological polar surface area (TPSA) is 81.2 Å². The number of imide groups is 1. The molecule has 2 amide bonds. The molecule has 4 rings (SSSR count). The van der Waals surface area contributed by atoms with Crippen molar-refractivity contribution in [1.29, 1.82) is 0 Å². The van der Waals surface area contributed by atoms with Crippen LogP contribution in [-0.2, 0) is 9.59 Å². The third-order valence-corrected chi connectivity index (χ3v) is 5.35. The van der Waals surface area contributed by atoms with E-state index in [0.29, 0.717) is 18.8 Å². The number of benzene rings is 2. The van der Waals surface area contributed by atoms with E-state index in [9.17, 15) is 14.4 Å². The highest BCUT2D eigenvalue weighted by atomic mass is 16.4. The van der Waals surface area contributed by atoms with Crippen molar-refractivity contribution in [2.24, 2.45) is 0 Å². The van der Waals surface area contributed by atoms with Crippen molar-refractivity contribution in [3.8, 4) is 0 Å². The molecule has 0 spiro atoms. The summed E-state index contributed by atoms with van der Waals surface area (Å²) in [7, 11) is 0. The van der Waals surface area contributed by atoms with Gasteiger partial charge in [-0.3, -0.25) is 14.5 Å². The number of rotatable bonds is 4. The molecule has 0 aliphatic carbocycles. The number of anilines is 2. The van der Waals surface area contributed by atoms with Crippen LogP contribution in [-0.4, -0.2) is 60.0 Å². The first-order valence-corrected chi connectivity index (χ1v) is 9.29. The Bertz CT molecular complexity index is 907. The first-order valence-electron chi connectivity index (χ1n) is 9.29. The van der Waals surface area contributed by atoms with E-state index in [1.54, 1.807) is 12.1 Å². The van der Waals surface area contributed by atoms with E-state index in [4.69, 9.17) is 5.11 Å². The van der Waals surface area contributed by atoms with E-state index in [0.717, 1.165) is 23.7 Å². The number of carbonyl (C=O) groups excluding carboxylic acids is 2. The Kier molecular flexibility index (Phi) is 4.83. The number of piperazine rings is 1. The molecule has 7 heteroatoms. The molecule has 2 saturated heterocycles. The maximum absolute atomic E-state index is 13.0. The molecule has 1 atom stereocenters. The van der Waals surface area contributed by atoms with Gasteiger partial charge in [-0.2, -0.15) is 0 Å².